The SMILES string of the molecule is C[C@H](CCC(=O)N[C@H](Cc1ccccc1)CS(=O)(=O)O)[C@H]1CC[C@H]2[C@@H]3[C@H](O)C[C@@H]4C[C@H](O)CC[C@]4(C)[C@H]3C[C@H](O)[C@]12C. The van der Waals surface area contributed by atoms with E-state index >= 15 is 0 Å². The third-order valence-electron chi connectivity index (χ3n) is 12.4. The molecule has 42 heavy (non-hydrogen) atoms. The maximum Gasteiger partial charge on any atom is 0.266 e. The lowest BCUT2D eigenvalue weighted by Gasteiger charge is -2.63. The van der Waals surface area contributed by atoms with Gasteiger partial charge >= 0.3 is 0 Å². The van der Waals surface area contributed by atoms with E-state index in [-0.39, 0.29) is 64.8 Å². The highest BCUT2D eigenvalue weighted by Gasteiger charge is 2.65. The lowest BCUT2D eigenvalue weighted by atomic mass is 9.43. The van der Waals surface area contributed by atoms with Gasteiger partial charge in [-0.3, -0.25) is 9.35 Å². The molecular weight excluding hydrogens is 554 g/mol. The van der Waals surface area contributed by atoms with Crippen LogP contribution in [-0.2, 0) is 21.3 Å². The lowest BCUT2D eigenvalue weighted by molar-refractivity contribution is -0.207. The highest BCUT2D eigenvalue weighted by atomic mass is 32.2. The van der Waals surface area contributed by atoms with Gasteiger partial charge in [-0.2, -0.15) is 8.42 Å². The first kappa shape index (κ1) is 31.9. The molecule has 4 aliphatic rings. The normalized spacial score (nSPS) is 41.2. The molecule has 12 atom stereocenters. The van der Waals surface area contributed by atoms with Gasteiger partial charge in [0.1, 0.15) is 0 Å². The Morgan fingerprint density at radius 1 is 1.02 bits per heavy atom. The van der Waals surface area contributed by atoms with E-state index in [2.05, 4.69) is 26.1 Å². The van der Waals surface area contributed by atoms with Crippen LogP contribution in [0.5, 0.6) is 0 Å². The molecule has 0 aliphatic heterocycles. The van der Waals surface area contributed by atoms with E-state index in [0.29, 0.717) is 19.3 Å². The van der Waals surface area contributed by atoms with Crippen molar-refractivity contribution >= 4 is 16.0 Å². The monoisotopic (exact) mass is 605 g/mol. The Balaban J connectivity index is 1.24. The van der Waals surface area contributed by atoms with Crippen LogP contribution in [0.4, 0.5) is 0 Å². The smallest absolute Gasteiger partial charge is 0.266 e. The molecule has 0 radical (unpaired) electrons. The molecular formula is C33H51NO7S. The largest absolute Gasteiger partial charge is 0.393 e. The molecule has 236 valence electrons. The standard InChI is InChI=1S/C33H51NO7S/c1-20(9-12-30(38)34-23(19-42(39,40)41)15-21-7-5-4-6-8-21)25-10-11-26-31-27(18-29(37)33(25,26)3)32(2)14-13-24(35)16-22(32)17-28(31)36/h4-8,20,22-29,31,35-37H,9-19H2,1-3H3,(H,34,38)(H,39,40,41)/t20-,22+,23-,24-,25-,26+,27+,28-,29+,31+,32+,33-/m1/s1. The summed E-state index contributed by atoms with van der Waals surface area (Å²) in [6, 6.07) is 8.57. The first-order valence-electron chi connectivity index (χ1n) is 16.0. The fourth-order valence-electron chi connectivity index (χ4n) is 10.3. The van der Waals surface area contributed by atoms with Crippen molar-refractivity contribution in [3.63, 3.8) is 0 Å². The summed E-state index contributed by atoms with van der Waals surface area (Å²) < 4.78 is 32.7. The number of aliphatic hydroxyl groups excluding tert-OH is 3. The number of hydrogen-bond acceptors (Lipinski definition) is 6. The molecule has 0 spiro atoms. The van der Waals surface area contributed by atoms with Gasteiger partial charge in [-0.15, -0.1) is 0 Å². The molecule has 5 N–H and O–H groups in total. The Hall–Kier alpha value is -1.52. The van der Waals surface area contributed by atoms with Crippen molar-refractivity contribution in [2.45, 2.75) is 109 Å². The van der Waals surface area contributed by atoms with Crippen molar-refractivity contribution in [3.05, 3.63) is 35.9 Å². The number of carbonyl (C=O) groups excluding carboxylic acids is 1. The van der Waals surface area contributed by atoms with E-state index in [0.717, 1.165) is 44.1 Å². The summed E-state index contributed by atoms with van der Waals surface area (Å²) >= 11 is 0. The molecule has 4 aliphatic carbocycles. The topological polar surface area (TPSA) is 144 Å². The van der Waals surface area contributed by atoms with E-state index in [1.807, 2.05) is 30.3 Å². The van der Waals surface area contributed by atoms with Gasteiger partial charge < -0.3 is 20.6 Å². The second-order valence-electron chi connectivity index (χ2n) is 14.7. The maximum absolute atomic E-state index is 13.0. The number of aliphatic hydroxyl groups is 3. The molecule has 0 aromatic heterocycles. The zero-order valence-electron chi connectivity index (χ0n) is 25.4. The first-order valence-corrected chi connectivity index (χ1v) is 17.7. The van der Waals surface area contributed by atoms with Crippen LogP contribution in [-0.4, -0.2) is 64.3 Å². The molecule has 0 bridgehead atoms. The molecule has 4 saturated carbocycles. The summed E-state index contributed by atoms with van der Waals surface area (Å²) in [6.45, 7) is 6.70. The summed E-state index contributed by atoms with van der Waals surface area (Å²) in [5.41, 5.74) is 0.575. The average Bonchev–Trinajstić information content (AvgIpc) is 3.27. The van der Waals surface area contributed by atoms with Crippen LogP contribution >= 0.6 is 0 Å². The van der Waals surface area contributed by atoms with Gasteiger partial charge in [0.15, 0.2) is 0 Å². The molecule has 8 nitrogen and oxygen atoms in total. The fourth-order valence-corrected chi connectivity index (χ4v) is 11.0. The predicted molar refractivity (Wildman–Crippen MR) is 161 cm³/mol. The zero-order valence-corrected chi connectivity index (χ0v) is 26.2. The number of amides is 1. The molecule has 0 saturated heterocycles. The van der Waals surface area contributed by atoms with Crippen LogP contribution in [0.3, 0.4) is 0 Å². The number of carbonyl (C=O) groups is 1. The Morgan fingerprint density at radius 2 is 1.74 bits per heavy atom. The van der Waals surface area contributed by atoms with Gasteiger partial charge in [-0.1, -0.05) is 51.1 Å². The summed E-state index contributed by atoms with van der Waals surface area (Å²) in [5.74, 6) is 0.506. The van der Waals surface area contributed by atoms with E-state index in [9.17, 15) is 33.1 Å². The Bertz CT molecular complexity index is 1210. The number of nitrogens with one attached hydrogen (secondary N) is 1. The van der Waals surface area contributed by atoms with Crippen molar-refractivity contribution in [2.24, 2.45) is 46.3 Å². The third-order valence-corrected chi connectivity index (χ3v) is 13.3. The minimum atomic E-state index is -4.27. The molecule has 1 aromatic carbocycles. The van der Waals surface area contributed by atoms with Crippen LogP contribution < -0.4 is 5.32 Å². The molecule has 0 unspecified atom stereocenters. The minimum absolute atomic E-state index is 0.0333. The fraction of sp³-hybridized carbons (Fsp3) is 0.788. The van der Waals surface area contributed by atoms with Crippen LogP contribution in [0.1, 0.15) is 84.1 Å². The van der Waals surface area contributed by atoms with Gasteiger partial charge in [0.25, 0.3) is 10.1 Å². The second-order valence-corrected chi connectivity index (χ2v) is 16.2. The summed E-state index contributed by atoms with van der Waals surface area (Å²) in [5, 5.41) is 36.5. The van der Waals surface area contributed by atoms with Gasteiger partial charge in [-0.05, 0) is 110 Å². The molecule has 4 fully saturated rings. The number of rotatable bonds is 9. The number of fused-ring (bicyclic) bond motifs is 5. The summed E-state index contributed by atoms with van der Waals surface area (Å²) in [6.07, 6.45) is 5.78. The van der Waals surface area contributed by atoms with Crippen molar-refractivity contribution in [1.82, 2.24) is 5.32 Å². The molecule has 5 rings (SSSR count). The quantitative estimate of drug-likeness (QED) is 0.268. The molecule has 0 heterocycles. The van der Waals surface area contributed by atoms with Crippen molar-refractivity contribution in [1.29, 1.82) is 0 Å². The van der Waals surface area contributed by atoms with Gasteiger partial charge in [-0.25, -0.2) is 0 Å². The van der Waals surface area contributed by atoms with Gasteiger partial charge in [0.05, 0.1) is 24.1 Å². The molecule has 9 heteroatoms. The van der Waals surface area contributed by atoms with Crippen molar-refractivity contribution < 1.29 is 33.1 Å². The van der Waals surface area contributed by atoms with Gasteiger partial charge in [0.2, 0.25) is 5.91 Å². The van der Waals surface area contributed by atoms with Crippen molar-refractivity contribution in [2.75, 3.05) is 5.75 Å². The number of hydrogen-bond donors (Lipinski definition) is 5. The van der Waals surface area contributed by atoms with Gasteiger partial charge in [0, 0.05) is 12.5 Å². The first-order chi connectivity index (χ1) is 19.7. The molecule has 1 aromatic rings. The minimum Gasteiger partial charge on any atom is -0.393 e. The van der Waals surface area contributed by atoms with Crippen molar-refractivity contribution in [3.8, 4) is 0 Å². The highest BCUT2D eigenvalue weighted by molar-refractivity contribution is 7.85. The van der Waals surface area contributed by atoms with Crippen LogP contribution in [0, 0.1) is 46.3 Å². The third kappa shape index (κ3) is 6.19. The number of benzene rings is 1. The summed E-state index contributed by atoms with van der Waals surface area (Å²) in [7, 11) is -4.27. The van der Waals surface area contributed by atoms with Crippen LogP contribution in [0.15, 0.2) is 30.3 Å². The van der Waals surface area contributed by atoms with E-state index in [1.54, 1.807) is 0 Å². The summed E-state index contributed by atoms with van der Waals surface area (Å²) in [4.78, 5) is 13.0. The Morgan fingerprint density at radius 3 is 2.43 bits per heavy atom. The maximum atomic E-state index is 13.0. The zero-order chi connectivity index (χ0) is 30.4. The predicted octanol–water partition coefficient (Wildman–Crippen LogP) is 3.98. The molecule has 1 amide bonds. The second kappa shape index (κ2) is 12.1. The lowest BCUT2D eigenvalue weighted by Crippen LogP contribution is -2.62. The van der Waals surface area contributed by atoms with E-state index in [1.165, 1.54) is 0 Å². The Kier molecular flexibility index (Phi) is 9.19. The average molecular weight is 606 g/mol. The van der Waals surface area contributed by atoms with Crippen LogP contribution in [0.25, 0.3) is 0 Å². The Labute approximate surface area is 251 Å². The van der Waals surface area contributed by atoms with Crippen LogP contribution in [0.2, 0.25) is 0 Å². The van der Waals surface area contributed by atoms with E-state index in [4.69, 9.17) is 0 Å². The van der Waals surface area contributed by atoms with E-state index < -0.39 is 34.1 Å². The highest BCUT2D eigenvalue weighted by Crippen LogP contribution is 2.68.